The molecular weight excluding hydrogens is 424 g/mol. The third-order valence-corrected chi connectivity index (χ3v) is 6.36. The molecule has 1 fully saturated rings. The van der Waals surface area contributed by atoms with E-state index in [2.05, 4.69) is 15.4 Å². The molecule has 0 radical (unpaired) electrons. The quantitative estimate of drug-likeness (QED) is 0.304. The van der Waals surface area contributed by atoms with Crippen LogP contribution in [0.25, 0.3) is 0 Å². The Labute approximate surface area is 179 Å². The van der Waals surface area contributed by atoms with E-state index in [1.807, 2.05) is 6.92 Å². The van der Waals surface area contributed by atoms with Gasteiger partial charge in [-0.1, -0.05) is 13.0 Å². The summed E-state index contributed by atoms with van der Waals surface area (Å²) >= 11 is 0. The maximum Gasteiger partial charge on any atom is 0.270 e. The fourth-order valence-electron chi connectivity index (χ4n) is 2.94. The van der Waals surface area contributed by atoms with Crippen LogP contribution in [-0.2, 0) is 14.8 Å². The van der Waals surface area contributed by atoms with Crippen molar-refractivity contribution in [3.8, 4) is 0 Å². The minimum Gasteiger partial charge on any atom is -0.351 e. The molecule has 1 aliphatic rings. The van der Waals surface area contributed by atoms with Crippen LogP contribution >= 0.6 is 0 Å². The number of carbonyl (C=O) groups excluding carboxylic acids is 2. The smallest absolute Gasteiger partial charge is 0.270 e. The van der Waals surface area contributed by atoms with E-state index >= 15 is 0 Å². The summed E-state index contributed by atoms with van der Waals surface area (Å²) in [5.74, 6) is 0.0252. The van der Waals surface area contributed by atoms with E-state index in [0.29, 0.717) is 17.2 Å². The van der Waals surface area contributed by atoms with Gasteiger partial charge in [0.25, 0.3) is 11.6 Å². The summed E-state index contributed by atoms with van der Waals surface area (Å²) < 4.78 is 26.8. The lowest BCUT2D eigenvalue weighted by molar-refractivity contribution is -0.385. The van der Waals surface area contributed by atoms with Gasteiger partial charge in [0.2, 0.25) is 15.9 Å². The summed E-state index contributed by atoms with van der Waals surface area (Å²) in [7, 11) is -3.95. The van der Waals surface area contributed by atoms with Crippen LogP contribution in [0.4, 0.5) is 11.4 Å². The fourth-order valence-corrected chi connectivity index (χ4v) is 4.01. The molecule has 11 heteroatoms. The highest BCUT2D eigenvalue weighted by Crippen LogP contribution is 2.38. The van der Waals surface area contributed by atoms with Gasteiger partial charge in [-0.15, -0.1) is 0 Å². The molecule has 3 rings (SSSR count). The zero-order valence-corrected chi connectivity index (χ0v) is 17.5. The van der Waals surface area contributed by atoms with Crippen molar-refractivity contribution in [1.29, 1.82) is 0 Å². The summed E-state index contributed by atoms with van der Waals surface area (Å²) in [6.45, 7) is 1.94. The second kappa shape index (κ2) is 9.23. The minimum atomic E-state index is -3.95. The number of amides is 2. The average molecular weight is 446 g/mol. The number of nitro groups is 1. The molecule has 2 aromatic rings. The largest absolute Gasteiger partial charge is 0.351 e. The number of non-ortho nitro benzene ring substituents is 1. The second-order valence-corrected chi connectivity index (χ2v) is 9.06. The first-order valence-electron chi connectivity index (χ1n) is 9.60. The van der Waals surface area contributed by atoms with Crippen LogP contribution in [-0.4, -0.2) is 38.2 Å². The average Bonchev–Trinajstić information content (AvgIpc) is 3.48. The number of benzene rings is 2. The molecule has 2 atom stereocenters. The molecule has 2 amide bonds. The molecule has 1 aliphatic carbocycles. The number of carbonyl (C=O) groups is 2. The topological polar surface area (TPSA) is 148 Å². The van der Waals surface area contributed by atoms with Crippen LogP contribution in [0.2, 0.25) is 0 Å². The van der Waals surface area contributed by atoms with Gasteiger partial charge >= 0.3 is 0 Å². The molecule has 0 aliphatic heterocycles. The van der Waals surface area contributed by atoms with Crippen molar-refractivity contribution in [3.63, 3.8) is 0 Å². The molecule has 0 saturated heterocycles. The number of hydrogen-bond acceptors (Lipinski definition) is 6. The first-order valence-corrected chi connectivity index (χ1v) is 11.1. The van der Waals surface area contributed by atoms with Crippen molar-refractivity contribution < 1.29 is 22.9 Å². The van der Waals surface area contributed by atoms with Crippen LogP contribution < -0.4 is 15.4 Å². The summed E-state index contributed by atoms with van der Waals surface area (Å²) in [6, 6.07) is 11.1. The van der Waals surface area contributed by atoms with Gasteiger partial charge in [-0.25, -0.2) is 13.1 Å². The van der Waals surface area contributed by atoms with Crippen molar-refractivity contribution in [2.45, 2.75) is 18.2 Å². The molecule has 0 spiro atoms. The summed E-state index contributed by atoms with van der Waals surface area (Å²) in [4.78, 5) is 34.0. The van der Waals surface area contributed by atoms with Crippen LogP contribution in [0, 0.1) is 22.0 Å². The first kappa shape index (κ1) is 22.4. The number of nitro benzene ring substituents is 1. The normalized spacial score (nSPS) is 17.6. The van der Waals surface area contributed by atoms with E-state index in [9.17, 15) is 28.1 Å². The van der Waals surface area contributed by atoms with Gasteiger partial charge in [0.05, 0.1) is 9.82 Å². The molecule has 164 valence electrons. The highest BCUT2D eigenvalue weighted by molar-refractivity contribution is 7.89. The Balaban J connectivity index is 1.47. The Morgan fingerprint density at radius 3 is 2.42 bits per heavy atom. The molecule has 10 nitrogen and oxygen atoms in total. The molecule has 31 heavy (non-hydrogen) atoms. The van der Waals surface area contributed by atoms with Gasteiger partial charge in [-0.2, -0.15) is 0 Å². The third kappa shape index (κ3) is 5.86. The number of hydrogen-bond donors (Lipinski definition) is 3. The van der Waals surface area contributed by atoms with Gasteiger partial charge in [0.1, 0.15) is 0 Å². The van der Waals surface area contributed by atoms with E-state index in [-0.39, 0.29) is 35.5 Å². The van der Waals surface area contributed by atoms with Crippen LogP contribution in [0.5, 0.6) is 0 Å². The number of anilines is 1. The molecule has 3 N–H and O–H groups in total. The number of rotatable bonds is 9. The standard InChI is InChI=1S/C20H22N4O6S/c1-13-11-18(13)20(26)23-15-7-5-14(6-8-15)19(25)21-9-10-22-31(29,30)17-4-2-3-16(12-17)24(27)28/h2-8,12-13,18,22H,9-11H2,1H3,(H,21,25)(H,23,26). The number of sulfonamides is 1. The van der Waals surface area contributed by atoms with E-state index in [1.54, 1.807) is 24.3 Å². The van der Waals surface area contributed by atoms with Crippen molar-refractivity contribution >= 4 is 33.2 Å². The highest BCUT2D eigenvalue weighted by Gasteiger charge is 2.39. The highest BCUT2D eigenvalue weighted by atomic mass is 32.2. The third-order valence-electron chi connectivity index (χ3n) is 4.90. The van der Waals surface area contributed by atoms with Crippen LogP contribution in [0.3, 0.4) is 0 Å². The lowest BCUT2D eigenvalue weighted by atomic mass is 10.2. The van der Waals surface area contributed by atoms with Gasteiger partial charge in [-0.05, 0) is 42.7 Å². The summed E-state index contributed by atoms with van der Waals surface area (Å²) in [6.07, 6.45) is 0.886. The van der Waals surface area contributed by atoms with Gasteiger partial charge in [-0.3, -0.25) is 19.7 Å². The molecular formula is C20H22N4O6S. The number of nitrogens with one attached hydrogen (secondary N) is 3. The predicted octanol–water partition coefficient (Wildman–Crippen LogP) is 1.90. The van der Waals surface area contributed by atoms with E-state index < -0.39 is 20.9 Å². The Morgan fingerprint density at radius 1 is 1.13 bits per heavy atom. The fraction of sp³-hybridized carbons (Fsp3) is 0.300. The Bertz CT molecular complexity index is 1100. The maximum atomic E-state index is 12.2. The predicted molar refractivity (Wildman–Crippen MR) is 113 cm³/mol. The molecule has 0 bridgehead atoms. The Kier molecular flexibility index (Phi) is 6.66. The van der Waals surface area contributed by atoms with Crippen molar-refractivity contribution in [1.82, 2.24) is 10.0 Å². The Hall–Kier alpha value is -3.31. The first-order chi connectivity index (χ1) is 14.7. The van der Waals surface area contributed by atoms with Crippen molar-refractivity contribution in [2.24, 2.45) is 11.8 Å². The van der Waals surface area contributed by atoms with E-state index in [1.165, 1.54) is 18.2 Å². The Morgan fingerprint density at radius 2 is 1.81 bits per heavy atom. The SMILES string of the molecule is CC1CC1C(=O)Nc1ccc(C(=O)NCCNS(=O)(=O)c2cccc([N+](=O)[O-])c2)cc1. The zero-order chi connectivity index (χ0) is 22.6. The molecule has 0 aromatic heterocycles. The number of nitrogens with zero attached hydrogens (tertiary/aromatic N) is 1. The lowest BCUT2D eigenvalue weighted by Crippen LogP contribution is -2.34. The molecule has 2 unspecified atom stereocenters. The zero-order valence-electron chi connectivity index (χ0n) is 16.7. The van der Waals surface area contributed by atoms with Gasteiger partial charge in [0.15, 0.2) is 0 Å². The van der Waals surface area contributed by atoms with Crippen molar-refractivity contribution in [3.05, 3.63) is 64.2 Å². The van der Waals surface area contributed by atoms with Crippen LogP contribution in [0.1, 0.15) is 23.7 Å². The van der Waals surface area contributed by atoms with E-state index in [4.69, 9.17) is 0 Å². The second-order valence-electron chi connectivity index (χ2n) is 7.29. The molecule has 2 aromatic carbocycles. The van der Waals surface area contributed by atoms with Crippen molar-refractivity contribution in [2.75, 3.05) is 18.4 Å². The molecule has 0 heterocycles. The minimum absolute atomic E-state index is 0.0189. The lowest BCUT2D eigenvalue weighted by Gasteiger charge is -2.09. The van der Waals surface area contributed by atoms with Crippen LogP contribution in [0.15, 0.2) is 53.4 Å². The summed E-state index contributed by atoms with van der Waals surface area (Å²) in [5.41, 5.74) is 0.632. The molecule has 1 saturated carbocycles. The summed E-state index contributed by atoms with van der Waals surface area (Å²) in [5, 5.41) is 16.2. The monoisotopic (exact) mass is 446 g/mol. The maximum absolute atomic E-state index is 12.2. The van der Waals surface area contributed by atoms with Gasteiger partial charge < -0.3 is 10.6 Å². The van der Waals surface area contributed by atoms with Gasteiger partial charge in [0, 0.05) is 42.4 Å². The van der Waals surface area contributed by atoms with E-state index in [0.717, 1.165) is 12.5 Å².